The average Bonchev–Trinajstić information content (AvgIpc) is 2.00. The molecule has 0 rings (SSSR count). The van der Waals surface area contributed by atoms with Crippen molar-refractivity contribution in [3.63, 3.8) is 0 Å². The third-order valence-corrected chi connectivity index (χ3v) is 0.687. The van der Waals surface area contributed by atoms with Gasteiger partial charge in [-0.25, -0.2) is 0 Å². The molecule has 0 atom stereocenters. The predicted molar refractivity (Wildman–Crippen MR) is 41.6 cm³/mol. The largest absolute Gasteiger partial charge is 0.383 e. The van der Waals surface area contributed by atoms with E-state index in [2.05, 4.69) is 5.32 Å². The summed E-state index contributed by atoms with van der Waals surface area (Å²) in [6.45, 7) is 3.26. The fourth-order valence-electron chi connectivity index (χ4n) is 0.319. The fraction of sp³-hybridized carbons (Fsp3) is 0.714. The van der Waals surface area contributed by atoms with E-state index in [0.717, 1.165) is 6.54 Å². The van der Waals surface area contributed by atoms with Gasteiger partial charge in [-0.1, -0.05) is 0 Å². The topological polar surface area (TPSA) is 68.8 Å². The zero-order chi connectivity index (χ0) is 8.95. The number of hydrogen-bond donors (Lipinski definition) is 1. The van der Waals surface area contributed by atoms with Crippen molar-refractivity contribution in [3.8, 4) is 12.1 Å². The Bertz CT molecular complexity index is 134. The summed E-state index contributed by atoms with van der Waals surface area (Å²) in [7, 11) is 1.63. The lowest BCUT2D eigenvalue weighted by molar-refractivity contribution is 0.200. The molecule has 0 saturated heterocycles. The zero-order valence-electron chi connectivity index (χ0n) is 6.92. The Labute approximate surface area is 67.4 Å². The zero-order valence-corrected chi connectivity index (χ0v) is 6.92. The molecule has 0 aliphatic heterocycles. The van der Waals surface area contributed by atoms with E-state index in [0.29, 0.717) is 13.2 Å². The monoisotopic (exact) mass is 155 g/mol. The van der Waals surface area contributed by atoms with Crippen LogP contribution >= 0.6 is 0 Å². The molecular weight excluding hydrogens is 142 g/mol. The minimum Gasteiger partial charge on any atom is -0.383 e. The third-order valence-electron chi connectivity index (χ3n) is 0.687. The predicted octanol–water partition coefficient (Wildman–Crippen LogP) is 0.276. The van der Waals surface area contributed by atoms with Crippen molar-refractivity contribution in [2.45, 2.75) is 6.92 Å². The Hall–Kier alpha value is -1.10. The molecule has 0 amide bonds. The van der Waals surface area contributed by atoms with Crippen molar-refractivity contribution in [2.75, 3.05) is 26.8 Å². The van der Waals surface area contributed by atoms with Gasteiger partial charge in [-0.3, -0.25) is 0 Å². The molecule has 0 aromatic carbocycles. The second-order valence-corrected chi connectivity index (χ2v) is 1.55. The third kappa shape index (κ3) is 27.9. The van der Waals surface area contributed by atoms with Crippen molar-refractivity contribution in [1.82, 2.24) is 5.32 Å². The summed E-state index contributed by atoms with van der Waals surface area (Å²) in [5.41, 5.74) is 0. The first-order chi connectivity index (χ1) is 5.33. The van der Waals surface area contributed by atoms with E-state index in [1.165, 1.54) is 6.92 Å². The number of ether oxygens (including phenoxy) is 1. The number of nitrogens with zero attached hydrogens (tertiary/aromatic N) is 2. The second-order valence-electron chi connectivity index (χ2n) is 1.55. The van der Waals surface area contributed by atoms with E-state index in [4.69, 9.17) is 15.3 Å². The first kappa shape index (κ1) is 12.6. The minimum atomic E-state index is 0.406. The summed E-state index contributed by atoms with van der Waals surface area (Å²) in [5.74, 6) is 0. The minimum absolute atomic E-state index is 0.406. The highest BCUT2D eigenvalue weighted by atomic mass is 16.5. The summed E-state index contributed by atoms with van der Waals surface area (Å²) < 4.78 is 4.72. The molecule has 0 heterocycles. The van der Waals surface area contributed by atoms with E-state index in [1.54, 1.807) is 13.2 Å². The van der Waals surface area contributed by atoms with Gasteiger partial charge in [0.05, 0.1) is 25.3 Å². The fourth-order valence-corrected chi connectivity index (χ4v) is 0.319. The average molecular weight is 155 g/mol. The van der Waals surface area contributed by atoms with Crippen LogP contribution in [0.2, 0.25) is 0 Å². The van der Waals surface area contributed by atoms with E-state index >= 15 is 0 Å². The molecule has 62 valence electrons. The SMILES string of the molecule is CC#N.COCCNCC#N. The lowest BCUT2D eigenvalue weighted by Crippen LogP contribution is -2.18. The first-order valence-electron chi connectivity index (χ1n) is 3.20. The van der Waals surface area contributed by atoms with Gasteiger partial charge in [-0.15, -0.1) is 0 Å². The van der Waals surface area contributed by atoms with E-state index < -0.39 is 0 Å². The van der Waals surface area contributed by atoms with Crippen molar-refractivity contribution < 1.29 is 4.74 Å². The summed E-state index contributed by atoms with van der Waals surface area (Å²) in [6, 6.07) is 3.71. The van der Waals surface area contributed by atoms with E-state index in [9.17, 15) is 0 Å². The Kier molecular flexibility index (Phi) is 18.2. The van der Waals surface area contributed by atoms with Crippen LogP contribution in [-0.4, -0.2) is 26.8 Å². The van der Waals surface area contributed by atoms with Gasteiger partial charge in [0.2, 0.25) is 0 Å². The Morgan fingerprint density at radius 1 is 1.45 bits per heavy atom. The van der Waals surface area contributed by atoms with Crippen LogP contribution in [0.3, 0.4) is 0 Å². The molecule has 1 N–H and O–H groups in total. The van der Waals surface area contributed by atoms with Crippen LogP contribution in [0.4, 0.5) is 0 Å². The summed E-state index contributed by atoms with van der Waals surface area (Å²) in [6.07, 6.45) is 0. The van der Waals surface area contributed by atoms with Gasteiger partial charge in [0.15, 0.2) is 0 Å². The Morgan fingerprint density at radius 3 is 2.36 bits per heavy atom. The van der Waals surface area contributed by atoms with Gasteiger partial charge in [0.1, 0.15) is 0 Å². The van der Waals surface area contributed by atoms with Gasteiger partial charge in [-0.2, -0.15) is 10.5 Å². The van der Waals surface area contributed by atoms with Crippen molar-refractivity contribution in [1.29, 1.82) is 10.5 Å². The molecule has 0 aromatic rings. The number of hydrogen-bond acceptors (Lipinski definition) is 4. The van der Waals surface area contributed by atoms with Crippen LogP contribution in [-0.2, 0) is 4.74 Å². The molecule has 0 aliphatic carbocycles. The van der Waals surface area contributed by atoms with Crippen LogP contribution in [0.15, 0.2) is 0 Å². The molecule has 0 unspecified atom stereocenters. The lowest BCUT2D eigenvalue weighted by atomic mass is 10.6. The maximum Gasteiger partial charge on any atom is 0.0841 e. The molecule has 0 fully saturated rings. The Balaban J connectivity index is 0. The second kappa shape index (κ2) is 16.0. The standard InChI is InChI=1S/C5H10N2O.C2H3N/c1-8-5-4-7-3-2-6;1-2-3/h7H,3-5H2,1H3;1H3. The van der Waals surface area contributed by atoms with Gasteiger partial charge in [0, 0.05) is 20.6 Å². The molecule has 11 heavy (non-hydrogen) atoms. The Morgan fingerprint density at radius 2 is 2.00 bits per heavy atom. The van der Waals surface area contributed by atoms with Crippen LogP contribution in [0, 0.1) is 22.7 Å². The first-order valence-corrected chi connectivity index (χ1v) is 3.20. The van der Waals surface area contributed by atoms with E-state index in [1.807, 2.05) is 6.07 Å². The molecule has 0 aromatic heterocycles. The smallest absolute Gasteiger partial charge is 0.0841 e. The lowest BCUT2D eigenvalue weighted by Gasteiger charge is -1.95. The van der Waals surface area contributed by atoms with Gasteiger partial charge in [-0.05, 0) is 0 Å². The van der Waals surface area contributed by atoms with Gasteiger partial charge >= 0.3 is 0 Å². The molecule has 4 nitrogen and oxygen atoms in total. The quantitative estimate of drug-likeness (QED) is 0.467. The molecule has 0 bridgehead atoms. The molecule has 4 heteroatoms. The molecular formula is C7H13N3O. The summed E-state index contributed by atoms with van der Waals surface area (Å²) >= 11 is 0. The van der Waals surface area contributed by atoms with Gasteiger partial charge < -0.3 is 10.1 Å². The highest BCUT2D eigenvalue weighted by Crippen LogP contribution is 1.61. The molecule has 0 spiro atoms. The summed E-state index contributed by atoms with van der Waals surface area (Å²) in [4.78, 5) is 0. The molecule has 0 radical (unpaired) electrons. The van der Waals surface area contributed by atoms with Crippen molar-refractivity contribution >= 4 is 0 Å². The molecule has 0 aliphatic rings. The highest BCUT2D eigenvalue weighted by Gasteiger charge is 1.79. The highest BCUT2D eigenvalue weighted by molar-refractivity contribution is 4.71. The number of methoxy groups -OCH3 is 1. The number of rotatable bonds is 4. The summed E-state index contributed by atoms with van der Waals surface area (Å²) in [5, 5.41) is 18.2. The van der Waals surface area contributed by atoms with Crippen LogP contribution in [0.25, 0.3) is 0 Å². The van der Waals surface area contributed by atoms with Crippen LogP contribution < -0.4 is 5.32 Å². The van der Waals surface area contributed by atoms with Crippen molar-refractivity contribution in [2.24, 2.45) is 0 Å². The van der Waals surface area contributed by atoms with Crippen LogP contribution in [0.1, 0.15) is 6.92 Å². The maximum absolute atomic E-state index is 8.01. The van der Waals surface area contributed by atoms with Crippen molar-refractivity contribution in [3.05, 3.63) is 0 Å². The van der Waals surface area contributed by atoms with E-state index in [-0.39, 0.29) is 0 Å². The molecule has 0 saturated carbocycles. The van der Waals surface area contributed by atoms with Crippen LogP contribution in [0.5, 0.6) is 0 Å². The number of nitriles is 2. The number of nitrogens with one attached hydrogen (secondary N) is 1. The normalized spacial score (nSPS) is 6.91. The van der Waals surface area contributed by atoms with Gasteiger partial charge in [0.25, 0.3) is 0 Å². The maximum atomic E-state index is 8.01.